The molecule has 0 bridgehead atoms. The van der Waals surface area contributed by atoms with Crippen molar-refractivity contribution in [2.24, 2.45) is 0 Å². The summed E-state index contributed by atoms with van der Waals surface area (Å²) in [5, 5.41) is 28.5. The van der Waals surface area contributed by atoms with E-state index in [0.717, 1.165) is 12.8 Å². The van der Waals surface area contributed by atoms with Crippen molar-refractivity contribution in [1.82, 2.24) is 0 Å². The Morgan fingerprint density at radius 3 is 2.03 bits per heavy atom. The summed E-state index contributed by atoms with van der Waals surface area (Å²) in [7, 11) is 0. The lowest BCUT2D eigenvalue weighted by atomic mass is 10.1. The molecule has 0 aromatic carbocycles. The largest absolute Gasteiger partial charge is 0.510 e. The Hall–Kier alpha value is -0.880. The molecule has 5 heteroatoms. The molecule has 3 N–H and O–H groups in total. The third kappa shape index (κ3) is 13.1. The molecule has 5 nitrogen and oxygen atoms in total. The standard InChI is InChI=1S/C24H44O5/c1-2-3-4-5-6-7-8-9-10-11-12-13-14-15-16-17-18-28-24-22(27)19-21(26)23(20-25)29-24/h9-10,19,22-27H,2-8,11-18,20H2,1H3/b10-9-. The minimum atomic E-state index is -0.994. The highest BCUT2D eigenvalue weighted by molar-refractivity contribution is 5.06. The molecule has 0 fully saturated rings. The summed E-state index contributed by atoms with van der Waals surface area (Å²) in [5.74, 6) is -0.142. The number of ether oxygens (including phenoxy) is 2. The van der Waals surface area contributed by atoms with Crippen molar-refractivity contribution in [3.8, 4) is 0 Å². The lowest BCUT2D eigenvalue weighted by Gasteiger charge is -2.30. The molecule has 0 aromatic heterocycles. The second kappa shape index (κ2) is 17.9. The monoisotopic (exact) mass is 412 g/mol. The summed E-state index contributed by atoms with van der Waals surface area (Å²) < 4.78 is 10.9. The summed E-state index contributed by atoms with van der Waals surface area (Å²) in [6.07, 6.45) is 21.0. The third-order valence-electron chi connectivity index (χ3n) is 5.35. The molecular weight excluding hydrogens is 368 g/mol. The number of aliphatic hydroxyl groups excluding tert-OH is 3. The van der Waals surface area contributed by atoms with E-state index in [1.165, 1.54) is 83.1 Å². The Morgan fingerprint density at radius 1 is 0.897 bits per heavy atom. The van der Waals surface area contributed by atoms with Crippen LogP contribution in [0.4, 0.5) is 0 Å². The van der Waals surface area contributed by atoms with E-state index in [9.17, 15) is 10.2 Å². The van der Waals surface area contributed by atoms with Gasteiger partial charge in [-0.3, -0.25) is 0 Å². The van der Waals surface area contributed by atoms with Crippen molar-refractivity contribution < 1.29 is 24.8 Å². The molecule has 1 aliphatic heterocycles. The number of aliphatic hydroxyl groups is 3. The number of rotatable bonds is 18. The molecule has 1 heterocycles. The lowest BCUT2D eigenvalue weighted by molar-refractivity contribution is -0.219. The molecule has 3 atom stereocenters. The molecule has 29 heavy (non-hydrogen) atoms. The third-order valence-corrected chi connectivity index (χ3v) is 5.35. The van der Waals surface area contributed by atoms with Gasteiger partial charge in [0.25, 0.3) is 0 Å². The van der Waals surface area contributed by atoms with Gasteiger partial charge in [0.1, 0.15) is 18.0 Å². The second-order valence-electron chi connectivity index (χ2n) is 8.07. The molecule has 3 unspecified atom stereocenters. The number of unbranched alkanes of at least 4 members (excludes halogenated alkanes) is 12. The minimum absolute atomic E-state index is 0.142. The Bertz CT molecular complexity index is 435. The van der Waals surface area contributed by atoms with E-state index in [1.807, 2.05) is 0 Å². The first-order valence-corrected chi connectivity index (χ1v) is 11.8. The van der Waals surface area contributed by atoms with Gasteiger partial charge in [-0.05, 0) is 38.2 Å². The van der Waals surface area contributed by atoms with Crippen LogP contribution in [0.25, 0.3) is 0 Å². The summed E-state index contributed by atoms with van der Waals surface area (Å²) >= 11 is 0. The Labute approximate surface area is 177 Å². The fourth-order valence-electron chi connectivity index (χ4n) is 3.50. The first-order valence-electron chi connectivity index (χ1n) is 11.8. The van der Waals surface area contributed by atoms with Crippen LogP contribution < -0.4 is 0 Å². The van der Waals surface area contributed by atoms with E-state index in [1.54, 1.807) is 0 Å². The highest BCUT2D eigenvalue weighted by Gasteiger charge is 2.30. The van der Waals surface area contributed by atoms with Gasteiger partial charge in [0, 0.05) is 6.61 Å². The smallest absolute Gasteiger partial charge is 0.188 e. The SMILES string of the molecule is CCCCCCCC/C=C\CCCCCCCCOC1OC(CO)C(O)=CC1O. The van der Waals surface area contributed by atoms with Crippen molar-refractivity contribution in [2.45, 2.75) is 115 Å². The molecule has 0 saturated heterocycles. The van der Waals surface area contributed by atoms with Crippen LogP contribution in [-0.4, -0.2) is 47.0 Å². The van der Waals surface area contributed by atoms with E-state index < -0.39 is 18.5 Å². The fourth-order valence-corrected chi connectivity index (χ4v) is 3.50. The van der Waals surface area contributed by atoms with Crippen molar-refractivity contribution in [1.29, 1.82) is 0 Å². The minimum Gasteiger partial charge on any atom is -0.510 e. The number of hydrogen-bond acceptors (Lipinski definition) is 5. The number of allylic oxidation sites excluding steroid dienone is 2. The van der Waals surface area contributed by atoms with Gasteiger partial charge >= 0.3 is 0 Å². The van der Waals surface area contributed by atoms with Crippen LogP contribution in [0, 0.1) is 0 Å². The summed E-state index contributed by atoms with van der Waals surface area (Å²) in [6.45, 7) is 2.44. The Kier molecular flexibility index (Phi) is 16.2. The van der Waals surface area contributed by atoms with E-state index in [-0.39, 0.29) is 12.4 Å². The summed E-state index contributed by atoms with van der Waals surface area (Å²) in [5.41, 5.74) is 0. The zero-order valence-corrected chi connectivity index (χ0v) is 18.4. The first-order chi connectivity index (χ1) is 14.2. The molecule has 0 radical (unpaired) electrons. The molecule has 0 spiro atoms. The highest BCUT2D eigenvalue weighted by Crippen LogP contribution is 2.19. The van der Waals surface area contributed by atoms with Gasteiger partial charge in [-0.1, -0.05) is 76.9 Å². The molecular formula is C24H44O5. The lowest BCUT2D eigenvalue weighted by Crippen LogP contribution is -2.41. The maximum absolute atomic E-state index is 9.81. The molecule has 0 saturated carbocycles. The highest BCUT2D eigenvalue weighted by atomic mass is 16.7. The van der Waals surface area contributed by atoms with E-state index in [0.29, 0.717) is 6.61 Å². The second-order valence-corrected chi connectivity index (χ2v) is 8.07. The van der Waals surface area contributed by atoms with Crippen LogP contribution in [0.15, 0.2) is 24.0 Å². The van der Waals surface area contributed by atoms with E-state index >= 15 is 0 Å². The first kappa shape index (κ1) is 26.2. The van der Waals surface area contributed by atoms with Crippen LogP contribution in [0.2, 0.25) is 0 Å². The molecule has 0 aromatic rings. The molecule has 0 amide bonds. The maximum atomic E-state index is 9.81. The molecule has 1 aliphatic rings. The molecule has 1 rings (SSSR count). The number of hydrogen-bond donors (Lipinski definition) is 3. The van der Waals surface area contributed by atoms with E-state index in [4.69, 9.17) is 14.6 Å². The predicted octanol–water partition coefficient (Wildman–Crippen LogP) is 5.56. The van der Waals surface area contributed by atoms with Gasteiger partial charge in [0.05, 0.1) is 6.61 Å². The van der Waals surface area contributed by atoms with Crippen LogP contribution in [-0.2, 0) is 9.47 Å². The average molecular weight is 413 g/mol. The normalized spacial score (nSPS) is 22.3. The fraction of sp³-hybridized carbons (Fsp3) is 0.833. The van der Waals surface area contributed by atoms with Gasteiger partial charge < -0.3 is 24.8 Å². The van der Waals surface area contributed by atoms with Crippen molar-refractivity contribution in [2.75, 3.05) is 13.2 Å². The van der Waals surface area contributed by atoms with Crippen LogP contribution >= 0.6 is 0 Å². The maximum Gasteiger partial charge on any atom is 0.188 e. The van der Waals surface area contributed by atoms with Crippen LogP contribution in [0.1, 0.15) is 96.8 Å². The van der Waals surface area contributed by atoms with Gasteiger partial charge in [-0.2, -0.15) is 0 Å². The summed E-state index contributed by atoms with van der Waals surface area (Å²) in [4.78, 5) is 0. The average Bonchev–Trinajstić information content (AvgIpc) is 2.71. The van der Waals surface area contributed by atoms with Gasteiger partial charge in [0.15, 0.2) is 6.29 Å². The van der Waals surface area contributed by atoms with Crippen molar-refractivity contribution in [3.63, 3.8) is 0 Å². The molecule has 170 valence electrons. The van der Waals surface area contributed by atoms with Crippen molar-refractivity contribution >= 4 is 0 Å². The zero-order valence-electron chi connectivity index (χ0n) is 18.4. The van der Waals surface area contributed by atoms with Crippen LogP contribution in [0.3, 0.4) is 0 Å². The molecule has 0 aliphatic carbocycles. The van der Waals surface area contributed by atoms with Gasteiger partial charge in [-0.15, -0.1) is 0 Å². The van der Waals surface area contributed by atoms with Crippen LogP contribution in [0.5, 0.6) is 0 Å². The van der Waals surface area contributed by atoms with Gasteiger partial charge in [0.2, 0.25) is 0 Å². The quantitative estimate of drug-likeness (QED) is 0.203. The van der Waals surface area contributed by atoms with Crippen molar-refractivity contribution in [3.05, 3.63) is 24.0 Å². The Morgan fingerprint density at radius 2 is 1.45 bits per heavy atom. The predicted molar refractivity (Wildman–Crippen MR) is 118 cm³/mol. The van der Waals surface area contributed by atoms with E-state index in [2.05, 4.69) is 19.1 Å². The topological polar surface area (TPSA) is 79.2 Å². The zero-order chi connectivity index (χ0) is 21.2. The Balaban J connectivity index is 1.86. The van der Waals surface area contributed by atoms with Gasteiger partial charge in [-0.25, -0.2) is 0 Å². The summed E-state index contributed by atoms with van der Waals surface area (Å²) in [6, 6.07) is 0.